The molecule has 1 aliphatic rings. The zero-order chi connectivity index (χ0) is 12.8. The van der Waals surface area contributed by atoms with Crippen molar-refractivity contribution in [2.45, 2.75) is 44.6 Å². The van der Waals surface area contributed by atoms with E-state index in [1.807, 2.05) is 13.1 Å². The maximum absolute atomic E-state index is 13.1. The molecule has 0 aromatic heterocycles. The van der Waals surface area contributed by atoms with E-state index in [-0.39, 0.29) is 5.82 Å². The van der Waals surface area contributed by atoms with Crippen molar-refractivity contribution in [3.63, 3.8) is 0 Å². The first kappa shape index (κ1) is 13.3. The molecule has 0 fully saturated rings. The summed E-state index contributed by atoms with van der Waals surface area (Å²) in [7, 11) is 1.99. The van der Waals surface area contributed by atoms with Gasteiger partial charge in [-0.2, -0.15) is 0 Å². The molecule has 0 saturated carbocycles. The van der Waals surface area contributed by atoms with Gasteiger partial charge in [-0.15, -0.1) is 0 Å². The van der Waals surface area contributed by atoms with Crippen LogP contribution in [0.3, 0.4) is 0 Å². The van der Waals surface area contributed by atoms with Crippen molar-refractivity contribution in [1.82, 2.24) is 5.32 Å². The molecule has 0 saturated heterocycles. The van der Waals surface area contributed by atoms with Crippen LogP contribution in [0.2, 0.25) is 0 Å². The van der Waals surface area contributed by atoms with E-state index in [1.54, 1.807) is 17.7 Å². The predicted molar refractivity (Wildman–Crippen MR) is 74.1 cm³/mol. The lowest BCUT2D eigenvalue weighted by Gasteiger charge is -2.20. The third-order valence-corrected chi connectivity index (χ3v) is 3.67. The predicted octanol–water partition coefficient (Wildman–Crippen LogP) is 3.85. The number of hydrogen-bond acceptors (Lipinski definition) is 1. The number of benzene rings is 1. The fourth-order valence-corrected chi connectivity index (χ4v) is 2.63. The Balaban J connectivity index is 1.94. The molecule has 0 bridgehead atoms. The molecule has 0 heterocycles. The maximum Gasteiger partial charge on any atom is 0.123 e. The van der Waals surface area contributed by atoms with Crippen LogP contribution in [0, 0.1) is 5.82 Å². The monoisotopic (exact) mass is 247 g/mol. The van der Waals surface area contributed by atoms with Crippen molar-refractivity contribution in [3.05, 3.63) is 47.3 Å². The van der Waals surface area contributed by atoms with E-state index < -0.39 is 0 Å². The summed E-state index contributed by atoms with van der Waals surface area (Å²) in [6, 6.07) is 7.34. The van der Waals surface area contributed by atoms with E-state index in [0.717, 1.165) is 18.4 Å². The van der Waals surface area contributed by atoms with Crippen LogP contribution in [-0.2, 0) is 6.42 Å². The Labute approximate surface area is 109 Å². The summed E-state index contributed by atoms with van der Waals surface area (Å²) in [6.07, 6.45) is 9.49. The molecule has 98 valence electrons. The van der Waals surface area contributed by atoms with Gasteiger partial charge in [0, 0.05) is 6.04 Å². The minimum Gasteiger partial charge on any atom is -0.316 e. The lowest BCUT2D eigenvalue weighted by molar-refractivity contribution is 0.530. The third-order valence-electron chi connectivity index (χ3n) is 3.67. The van der Waals surface area contributed by atoms with Crippen molar-refractivity contribution in [1.29, 1.82) is 0 Å². The summed E-state index contributed by atoms with van der Waals surface area (Å²) >= 11 is 0. The molecular formula is C16H22FN. The van der Waals surface area contributed by atoms with Gasteiger partial charge in [0.15, 0.2) is 0 Å². The van der Waals surface area contributed by atoms with E-state index >= 15 is 0 Å². The number of halogens is 1. The number of rotatable bonds is 5. The minimum absolute atomic E-state index is 0.140. The summed E-state index contributed by atoms with van der Waals surface area (Å²) in [5, 5.41) is 3.35. The highest BCUT2D eigenvalue weighted by Gasteiger charge is 2.12. The van der Waals surface area contributed by atoms with Crippen LogP contribution in [-0.4, -0.2) is 13.1 Å². The standard InChI is InChI=1S/C16H22FN/c1-18-16(11-13-6-3-2-4-7-13)12-14-8-5-9-15(17)10-14/h5-6,8-10,16,18H,2-4,7,11-12H2,1H3. The Kier molecular flexibility index (Phi) is 4.94. The third kappa shape index (κ3) is 3.95. The topological polar surface area (TPSA) is 12.0 Å². The summed E-state index contributed by atoms with van der Waals surface area (Å²) in [6.45, 7) is 0. The Morgan fingerprint density at radius 2 is 2.17 bits per heavy atom. The highest BCUT2D eigenvalue weighted by molar-refractivity contribution is 5.18. The second-order valence-electron chi connectivity index (χ2n) is 5.13. The molecule has 1 aromatic carbocycles. The highest BCUT2D eigenvalue weighted by atomic mass is 19.1. The second kappa shape index (κ2) is 6.69. The molecule has 1 aliphatic carbocycles. The van der Waals surface area contributed by atoms with Crippen LogP contribution in [0.4, 0.5) is 4.39 Å². The molecule has 2 rings (SSSR count). The smallest absolute Gasteiger partial charge is 0.123 e. The molecule has 1 nitrogen and oxygen atoms in total. The van der Waals surface area contributed by atoms with Gasteiger partial charge in [-0.25, -0.2) is 4.39 Å². The van der Waals surface area contributed by atoms with Crippen LogP contribution in [0.15, 0.2) is 35.9 Å². The van der Waals surface area contributed by atoms with Crippen LogP contribution < -0.4 is 5.32 Å². The molecule has 0 radical (unpaired) electrons. The SMILES string of the molecule is CNC(CC1=CCCCC1)Cc1cccc(F)c1. The van der Waals surface area contributed by atoms with Crippen molar-refractivity contribution in [2.75, 3.05) is 7.05 Å². The second-order valence-corrected chi connectivity index (χ2v) is 5.13. The van der Waals surface area contributed by atoms with Gasteiger partial charge >= 0.3 is 0 Å². The molecule has 1 atom stereocenters. The van der Waals surface area contributed by atoms with Gasteiger partial charge in [-0.05, 0) is 63.3 Å². The summed E-state index contributed by atoms with van der Waals surface area (Å²) in [5.41, 5.74) is 2.64. The molecule has 2 heteroatoms. The lowest BCUT2D eigenvalue weighted by Crippen LogP contribution is -2.28. The summed E-state index contributed by atoms with van der Waals surface area (Å²) in [4.78, 5) is 0. The number of likely N-dealkylation sites (N-methyl/N-ethyl adjacent to an activating group) is 1. The number of hydrogen-bond donors (Lipinski definition) is 1. The fraction of sp³-hybridized carbons (Fsp3) is 0.500. The van der Waals surface area contributed by atoms with Crippen LogP contribution in [0.5, 0.6) is 0 Å². The van der Waals surface area contributed by atoms with Gasteiger partial charge < -0.3 is 5.32 Å². The van der Waals surface area contributed by atoms with Gasteiger partial charge in [0.1, 0.15) is 5.82 Å². The Bertz CT molecular complexity index is 411. The molecule has 0 spiro atoms. The minimum atomic E-state index is -0.140. The molecule has 18 heavy (non-hydrogen) atoms. The molecule has 0 aliphatic heterocycles. The lowest BCUT2D eigenvalue weighted by atomic mass is 9.92. The maximum atomic E-state index is 13.1. The average molecular weight is 247 g/mol. The zero-order valence-electron chi connectivity index (χ0n) is 11.1. The number of nitrogens with one attached hydrogen (secondary N) is 1. The first-order valence-electron chi connectivity index (χ1n) is 6.87. The highest BCUT2D eigenvalue weighted by Crippen LogP contribution is 2.22. The summed E-state index contributed by atoms with van der Waals surface area (Å²) < 4.78 is 13.1. The van der Waals surface area contributed by atoms with E-state index in [4.69, 9.17) is 0 Å². The van der Waals surface area contributed by atoms with Gasteiger partial charge in [-0.3, -0.25) is 0 Å². The van der Waals surface area contributed by atoms with Gasteiger partial charge in [0.05, 0.1) is 0 Å². The molecule has 1 N–H and O–H groups in total. The largest absolute Gasteiger partial charge is 0.316 e. The zero-order valence-corrected chi connectivity index (χ0v) is 11.1. The van der Waals surface area contributed by atoms with E-state index in [0.29, 0.717) is 6.04 Å². The Hall–Kier alpha value is -1.15. The van der Waals surface area contributed by atoms with Crippen LogP contribution in [0.1, 0.15) is 37.7 Å². The van der Waals surface area contributed by atoms with Gasteiger partial charge in [-0.1, -0.05) is 23.8 Å². The average Bonchev–Trinajstić information content (AvgIpc) is 2.39. The van der Waals surface area contributed by atoms with Gasteiger partial charge in [0.25, 0.3) is 0 Å². The fourth-order valence-electron chi connectivity index (χ4n) is 2.63. The van der Waals surface area contributed by atoms with E-state index in [1.165, 1.54) is 31.7 Å². The Morgan fingerprint density at radius 1 is 1.28 bits per heavy atom. The first-order valence-corrected chi connectivity index (χ1v) is 6.87. The molecule has 0 amide bonds. The van der Waals surface area contributed by atoms with Crippen molar-refractivity contribution >= 4 is 0 Å². The van der Waals surface area contributed by atoms with Crippen molar-refractivity contribution < 1.29 is 4.39 Å². The van der Waals surface area contributed by atoms with Crippen molar-refractivity contribution in [3.8, 4) is 0 Å². The van der Waals surface area contributed by atoms with Crippen LogP contribution in [0.25, 0.3) is 0 Å². The first-order chi connectivity index (χ1) is 8.78. The normalized spacial score (nSPS) is 17.3. The van der Waals surface area contributed by atoms with Crippen molar-refractivity contribution in [2.24, 2.45) is 0 Å². The van der Waals surface area contributed by atoms with E-state index in [2.05, 4.69) is 11.4 Å². The molecule has 1 unspecified atom stereocenters. The number of allylic oxidation sites excluding steroid dienone is 1. The Morgan fingerprint density at radius 3 is 2.83 bits per heavy atom. The molecule has 1 aromatic rings. The quantitative estimate of drug-likeness (QED) is 0.779. The summed E-state index contributed by atoms with van der Waals surface area (Å²) in [5.74, 6) is -0.140. The van der Waals surface area contributed by atoms with Gasteiger partial charge in [0.2, 0.25) is 0 Å². The molecular weight excluding hydrogens is 225 g/mol. The van der Waals surface area contributed by atoms with Crippen LogP contribution >= 0.6 is 0 Å². The van der Waals surface area contributed by atoms with E-state index in [9.17, 15) is 4.39 Å².